The number of halogens is 2. The molecule has 0 fully saturated rings. The Morgan fingerprint density at radius 2 is 1.88 bits per heavy atom. The van der Waals surface area contributed by atoms with Crippen LogP contribution >= 0.6 is 23.2 Å². The second-order valence-electron chi connectivity index (χ2n) is 5.33. The van der Waals surface area contributed by atoms with E-state index in [0.29, 0.717) is 27.0 Å². The second-order valence-corrected chi connectivity index (χ2v) is 6.17. The summed E-state index contributed by atoms with van der Waals surface area (Å²) in [6.45, 7) is 0. The number of amides is 1. The van der Waals surface area contributed by atoms with Gasteiger partial charge in [-0.3, -0.25) is 4.79 Å². The summed E-state index contributed by atoms with van der Waals surface area (Å²) >= 11 is 12.0. The standard InChI is InChI=1S/C19H12Cl2N4O/c20-13-4-6-16(21)18(9-13)25-19(26)17-7-5-15(11-23-17)24-14-3-1-2-12(8-14)10-22/h1-9,11,24H,(H,25,26). The van der Waals surface area contributed by atoms with E-state index in [2.05, 4.69) is 21.7 Å². The van der Waals surface area contributed by atoms with E-state index in [9.17, 15) is 4.79 Å². The molecule has 0 saturated carbocycles. The smallest absolute Gasteiger partial charge is 0.274 e. The average Bonchev–Trinajstić information content (AvgIpc) is 2.65. The molecule has 7 heteroatoms. The zero-order valence-corrected chi connectivity index (χ0v) is 14.8. The average molecular weight is 383 g/mol. The lowest BCUT2D eigenvalue weighted by molar-refractivity contribution is 0.102. The lowest BCUT2D eigenvalue weighted by Gasteiger charge is -2.09. The van der Waals surface area contributed by atoms with Crippen molar-refractivity contribution in [1.82, 2.24) is 4.98 Å². The largest absolute Gasteiger partial charge is 0.354 e. The van der Waals surface area contributed by atoms with Crippen LogP contribution in [0.25, 0.3) is 0 Å². The lowest BCUT2D eigenvalue weighted by Crippen LogP contribution is -2.14. The lowest BCUT2D eigenvalue weighted by atomic mass is 10.2. The molecule has 0 aliphatic carbocycles. The topological polar surface area (TPSA) is 77.8 Å². The van der Waals surface area contributed by atoms with E-state index in [-0.39, 0.29) is 5.69 Å². The highest BCUT2D eigenvalue weighted by atomic mass is 35.5. The van der Waals surface area contributed by atoms with E-state index in [4.69, 9.17) is 28.5 Å². The predicted molar refractivity (Wildman–Crippen MR) is 103 cm³/mol. The summed E-state index contributed by atoms with van der Waals surface area (Å²) < 4.78 is 0. The number of carbonyl (C=O) groups excluding carboxylic acids is 1. The molecule has 1 heterocycles. The monoisotopic (exact) mass is 382 g/mol. The zero-order chi connectivity index (χ0) is 18.5. The third-order valence-electron chi connectivity index (χ3n) is 3.45. The molecule has 0 bridgehead atoms. The van der Waals surface area contributed by atoms with Crippen LogP contribution in [0.5, 0.6) is 0 Å². The first-order chi connectivity index (χ1) is 12.5. The Kier molecular flexibility index (Phi) is 5.37. The fourth-order valence-electron chi connectivity index (χ4n) is 2.21. The maximum atomic E-state index is 12.3. The van der Waals surface area contributed by atoms with Crippen LogP contribution in [-0.2, 0) is 0 Å². The fraction of sp³-hybridized carbons (Fsp3) is 0. The number of hydrogen-bond donors (Lipinski definition) is 2. The molecule has 0 aliphatic rings. The van der Waals surface area contributed by atoms with Crippen molar-refractivity contribution >= 4 is 46.2 Å². The van der Waals surface area contributed by atoms with Gasteiger partial charge in [-0.25, -0.2) is 4.98 Å². The number of rotatable bonds is 4. The molecule has 2 aromatic carbocycles. The molecule has 0 radical (unpaired) electrons. The Balaban J connectivity index is 1.71. The van der Waals surface area contributed by atoms with E-state index >= 15 is 0 Å². The number of anilines is 3. The third-order valence-corrected chi connectivity index (χ3v) is 4.02. The van der Waals surface area contributed by atoms with Gasteiger partial charge in [0, 0.05) is 10.7 Å². The summed E-state index contributed by atoms with van der Waals surface area (Å²) in [5.41, 5.74) is 2.66. The van der Waals surface area contributed by atoms with Gasteiger partial charge in [0.05, 0.1) is 34.2 Å². The van der Waals surface area contributed by atoms with Gasteiger partial charge < -0.3 is 10.6 Å². The van der Waals surface area contributed by atoms with Crippen LogP contribution in [0.3, 0.4) is 0 Å². The molecule has 0 unspecified atom stereocenters. The van der Waals surface area contributed by atoms with Crippen molar-refractivity contribution in [2.75, 3.05) is 10.6 Å². The Labute approximate surface area is 160 Å². The molecular formula is C19H12Cl2N4O. The zero-order valence-electron chi connectivity index (χ0n) is 13.3. The van der Waals surface area contributed by atoms with Crippen LogP contribution in [0.1, 0.15) is 16.1 Å². The molecule has 1 amide bonds. The fourth-order valence-corrected chi connectivity index (χ4v) is 2.55. The highest BCUT2D eigenvalue weighted by Gasteiger charge is 2.10. The Morgan fingerprint density at radius 1 is 1.04 bits per heavy atom. The number of nitrogens with one attached hydrogen (secondary N) is 2. The normalized spacial score (nSPS) is 10.0. The van der Waals surface area contributed by atoms with Gasteiger partial charge in [0.2, 0.25) is 0 Å². The molecule has 0 saturated heterocycles. The maximum Gasteiger partial charge on any atom is 0.274 e. The van der Waals surface area contributed by atoms with E-state index in [1.807, 2.05) is 6.07 Å². The molecule has 5 nitrogen and oxygen atoms in total. The molecule has 3 rings (SSSR count). The van der Waals surface area contributed by atoms with Gasteiger partial charge in [0.25, 0.3) is 5.91 Å². The summed E-state index contributed by atoms with van der Waals surface area (Å²) in [5, 5.41) is 15.6. The van der Waals surface area contributed by atoms with Crippen molar-refractivity contribution in [3.05, 3.63) is 82.1 Å². The first-order valence-electron chi connectivity index (χ1n) is 7.55. The van der Waals surface area contributed by atoms with Crippen LogP contribution in [-0.4, -0.2) is 10.9 Å². The highest BCUT2D eigenvalue weighted by Crippen LogP contribution is 2.26. The molecule has 128 valence electrons. The Bertz CT molecular complexity index is 997. The minimum absolute atomic E-state index is 0.234. The van der Waals surface area contributed by atoms with Crippen molar-refractivity contribution in [3.8, 4) is 6.07 Å². The summed E-state index contributed by atoms with van der Waals surface area (Å²) in [7, 11) is 0. The molecular weight excluding hydrogens is 371 g/mol. The highest BCUT2D eigenvalue weighted by molar-refractivity contribution is 6.35. The van der Waals surface area contributed by atoms with Gasteiger partial charge in [0.15, 0.2) is 0 Å². The second kappa shape index (κ2) is 7.87. The van der Waals surface area contributed by atoms with Crippen LogP contribution in [0.2, 0.25) is 10.0 Å². The van der Waals surface area contributed by atoms with Gasteiger partial charge in [0.1, 0.15) is 5.69 Å². The summed E-state index contributed by atoms with van der Waals surface area (Å²) in [6, 6.07) is 17.3. The number of carbonyl (C=O) groups is 1. The quantitative estimate of drug-likeness (QED) is 0.645. The van der Waals surface area contributed by atoms with Crippen LogP contribution in [0, 0.1) is 11.3 Å². The summed E-state index contributed by atoms with van der Waals surface area (Å²) in [5.74, 6) is -0.396. The summed E-state index contributed by atoms with van der Waals surface area (Å²) in [4.78, 5) is 16.4. The molecule has 2 N–H and O–H groups in total. The SMILES string of the molecule is N#Cc1cccc(Nc2ccc(C(=O)Nc3cc(Cl)ccc3Cl)nc2)c1. The van der Waals surface area contributed by atoms with E-state index in [0.717, 1.165) is 5.69 Å². The maximum absolute atomic E-state index is 12.3. The first kappa shape index (κ1) is 17.7. The van der Waals surface area contributed by atoms with Crippen molar-refractivity contribution in [2.45, 2.75) is 0 Å². The van der Waals surface area contributed by atoms with Crippen molar-refractivity contribution in [2.24, 2.45) is 0 Å². The van der Waals surface area contributed by atoms with E-state index in [1.54, 1.807) is 48.5 Å². The number of hydrogen-bond acceptors (Lipinski definition) is 4. The van der Waals surface area contributed by atoms with Gasteiger partial charge in [-0.15, -0.1) is 0 Å². The van der Waals surface area contributed by atoms with Gasteiger partial charge >= 0.3 is 0 Å². The van der Waals surface area contributed by atoms with Crippen molar-refractivity contribution < 1.29 is 4.79 Å². The van der Waals surface area contributed by atoms with Crippen LogP contribution in [0.4, 0.5) is 17.1 Å². The predicted octanol–water partition coefficient (Wildman–Crippen LogP) is 5.26. The van der Waals surface area contributed by atoms with E-state index in [1.165, 1.54) is 6.20 Å². The number of aromatic nitrogens is 1. The number of nitriles is 1. The minimum atomic E-state index is -0.396. The molecule has 0 aliphatic heterocycles. The number of nitrogens with zero attached hydrogens (tertiary/aromatic N) is 2. The third kappa shape index (κ3) is 4.31. The number of benzene rings is 2. The first-order valence-corrected chi connectivity index (χ1v) is 8.30. The summed E-state index contributed by atoms with van der Waals surface area (Å²) in [6.07, 6.45) is 1.54. The molecule has 0 spiro atoms. The number of pyridine rings is 1. The molecule has 3 aromatic rings. The van der Waals surface area contributed by atoms with Crippen molar-refractivity contribution in [1.29, 1.82) is 5.26 Å². The van der Waals surface area contributed by atoms with Gasteiger partial charge in [-0.05, 0) is 48.5 Å². The van der Waals surface area contributed by atoms with E-state index < -0.39 is 5.91 Å². The van der Waals surface area contributed by atoms with Crippen molar-refractivity contribution in [3.63, 3.8) is 0 Å². The Hall–Kier alpha value is -3.07. The van der Waals surface area contributed by atoms with Gasteiger partial charge in [-0.2, -0.15) is 5.26 Å². The molecule has 26 heavy (non-hydrogen) atoms. The van der Waals surface area contributed by atoms with Gasteiger partial charge in [-0.1, -0.05) is 29.3 Å². The molecule has 0 atom stereocenters. The van der Waals surface area contributed by atoms with Crippen LogP contribution < -0.4 is 10.6 Å². The Morgan fingerprint density at radius 3 is 2.62 bits per heavy atom. The molecule has 1 aromatic heterocycles. The van der Waals surface area contributed by atoms with Crippen LogP contribution in [0.15, 0.2) is 60.8 Å². The minimum Gasteiger partial charge on any atom is -0.354 e.